The number of nitrogens with zero attached hydrogens (tertiary/aromatic N) is 3. The van der Waals surface area contributed by atoms with Crippen LogP contribution in [0.5, 0.6) is 0 Å². The molecule has 1 fully saturated rings. The van der Waals surface area contributed by atoms with Gasteiger partial charge in [0.1, 0.15) is 5.02 Å². The summed E-state index contributed by atoms with van der Waals surface area (Å²) in [5, 5.41) is 5.78. The minimum Gasteiger partial charge on any atom is -0.358 e. The van der Waals surface area contributed by atoms with Crippen LogP contribution >= 0.6 is 11.6 Å². The average molecular weight is 401 g/mol. The molecular weight excluding hydrogens is 385 g/mol. The van der Waals surface area contributed by atoms with Crippen LogP contribution in [0, 0.1) is 0 Å². The van der Waals surface area contributed by atoms with Crippen LogP contribution in [0.1, 0.15) is 24.1 Å². The number of rotatable bonds is 3. The molecule has 1 atom stereocenters. The summed E-state index contributed by atoms with van der Waals surface area (Å²) in [6.45, 7) is 1.97. The van der Waals surface area contributed by atoms with E-state index in [4.69, 9.17) is 11.6 Å². The van der Waals surface area contributed by atoms with Gasteiger partial charge in [0.05, 0.1) is 30.0 Å². The molecule has 0 unspecified atom stereocenters. The van der Waals surface area contributed by atoms with Crippen LogP contribution in [-0.4, -0.2) is 40.6 Å². The maximum Gasteiger partial charge on any atom is 0.416 e. The number of piperazine rings is 1. The largest absolute Gasteiger partial charge is 0.416 e. The van der Waals surface area contributed by atoms with Gasteiger partial charge in [-0.3, -0.25) is 9.59 Å². The number of carbonyl (C=O) groups is 1. The van der Waals surface area contributed by atoms with Gasteiger partial charge in [0.2, 0.25) is 5.91 Å². The predicted octanol–water partition coefficient (Wildman–Crippen LogP) is 2.85. The van der Waals surface area contributed by atoms with E-state index in [9.17, 15) is 22.8 Å². The standard InChI is InChI=1S/C17H16ClF3N4O2/c1-10(11-4-2-3-5-12(11)17(19,20)21)25-7-6-24(9-14(25)26)13-8-22-23-16(27)15(13)18/h2-5,8,10H,6-7,9H2,1H3,(H,23,27)/t10-/m1/s1. The summed E-state index contributed by atoms with van der Waals surface area (Å²) in [5.74, 6) is -0.359. The molecule has 1 amide bonds. The molecule has 2 aromatic rings. The molecule has 1 saturated heterocycles. The second-order valence-corrected chi connectivity index (χ2v) is 6.55. The lowest BCUT2D eigenvalue weighted by Gasteiger charge is -2.39. The summed E-state index contributed by atoms with van der Waals surface area (Å²) in [5.41, 5.74) is -0.967. The molecule has 6 nitrogen and oxygen atoms in total. The van der Waals surface area contributed by atoms with Gasteiger partial charge >= 0.3 is 6.18 Å². The summed E-state index contributed by atoms with van der Waals surface area (Å²) >= 11 is 5.96. The maximum absolute atomic E-state index is 13.3. The van der Waals surface area contributed by atoms with Gasteiger partial charge in [-0.2, -0.15) is 18.3 Å². The zero-order valence-electron chi connectivity index (χ0n) is 14.3. The van der Waals surface area contributed by atoms with Crippen LogP contribution in [0.4, 0.5) is 18.9 Å². The normalized spacial score (nSPS) is 16.6. The van der Waals surface area contributed by atoms with Crippen molar-refractivity contribution >= 4 is 23.2 Å². The zero-order valence-corrected chi connectivity index (χ0v) is 15.0. The first-order chi connectivity index (χ1) is 12.7. The topological polar surface area (TPSA) is 69.3 Å². The van der Waals surface area contributed by atoms with E-state index >= 15 is 0 Å². The average Bonchev–Trinajstić information content (AvgIpc) is 2.62. The monoisotopic (exact) mass is 400 g/mol. The molecule has 144 valence electrons. The summed E-state index contributed by atoms with van der Waals surface area (Å²) in [6, 6.07) is 4.48. The Balaban J connectivity index is 1.83. The number of benzene rings is 1. The van der Waals surface area contributed by atoms with Crippen LogP contribution in [0.25, 0.3) is 0 Å². The minimum absolute atomic E-state index is 0.0441. The number of alkyl halides is 3. The highest BCUT2D eigenvalue weighted by molar-refractivity contribution is 6.33. The third-order valence-corrected chi connectivity index (χ3v) is 4.92. The number of carbonyl (C=O) groups excluding carboxylic acids is 1. The number of anilines is 1. The fraction of sp³-hybridized carbons (Fsp3) is 0.353. The molecule has 3 rings (SSSR count). The highest BCUT2D eigenvalue weighted by Crippen LogP contribution is 2.36. The van der Waals surface area contributed by atoms with E-state index in [0.717, 1.165) is 6.07 Å². The number of hydrogen-bond donors (Lipinski definition) is 1. The van der Waals surface area contributed by atoms with Crippen molar-refractivity contribution in [2.24, 2.45) is 0 Å². The van der Waals surface area contributed by atoms with Gasteiger partial charge in [0, 0.05) is 13.1 Å². The first-order valence-electron chi connectivity index (χ1n) is 8.14. The predicted molar refractivity (Wildman–Crippen MR) is 93.7 cm³/mol. The lowest BCUT2D eigenvalue weighted by molar-refractivity contribution is -0.141. The van der Waals surface area contributed by atoms with E-state index < -0.39 is 23.3 Å². The van der Waals surface area contributed by atoms with Crippen molar-refractivity contribution in [3.05, 3.63) is 57.0 Å². The number of H-pyrrole nitrogens is 1. The van der Waals surface area contributed by atoms with E-state index in [-0.39, 0.29) is 29.6 Å². The summed E-state index contributed by atoms with van der Waals surface area (Å²) in [6.07, 6.45) is -3.16. The van der Waals surface area contributed by atoms with Gasteiger partial charge < -0.3 is 9.80 Å². The first-order valence-corrected chi connectivity index (χ1v) is 8.51. The molecule has 0 bridgehead atoms. The maximum atomic E-state index is 13.3. The molecule has 27 heavy (non-hydrogen) atoms. The second kappa shape index (κ2) is 7.22. The highest BCUT2D eigenvalue weighted by atomic mass is 35.5. The van der Waals surface area contributed by atoms with Crippen LogP contribution < -0.4 is 10.5 Å². The molecule has 1 aromatic heterocycles. The van der Waals surface area contributed by atoms with Gasteiger partial charge in [0.25, 0.3) is 5.56 Å². The van der Waals surface area contributed by atoms with E-state index in [1.807, 2.05) is 0 Å². The molecule has 1 N–H and O–H groups in total. The molecule has 1 aliphatic rings. The number of halogens is 4. The van der Waals surface area contributed by atoms with Crippen molar-refractivity contribution in [1.82, 2.24) is 15.1 Å². The van der Waals surface area contributed by atoms with Crippen LogP contribution in [0.15, 0.2) is 35.3 Å². The van der Waals surface area contributed by atoms with Crippen molar-refractivity contribution in [3.8, 4) is 0 Å². The van der Waals surface area contributed by atoms with Crippen molar-refractivity contribution in [2.45, 2.75) is 19.1 Å². The third kappa shape index (κ3) is 3.78. The van der Waals surface area contributed by atoms with Crippen molar-refractivity contribution in [3.63, 3.8) is 0 Å². The molecule has 0 spiro atoms. The molecule has 1 aromatic carbocycles. The fourth-order valence-corrected chi connectivity index (χ4v) is 3.39. The quantitative estimate of drug-likeness (QED) is 0.860. The SMILES string of the molecule is C[C@H](c1ccccc1C(F)(F)F)N1CCN(c2cn[nH]c(=O)c2Cl)CC1=O. The lowest BCUT2D eigenvalue weighted by Crippen LogP contribution is -2.51. The van der Waals surface area contributed by atoms with Crippen molar-refractivity contribution < 1.29 is 18.0 Å². The van der Waals surface area contributed by atoms with Gasteiger partial charge in [-0.15, -0.1) is 0 Å². The van der Waals surface area contributed by atoms with E-state index in [1.54, 1.807) is 11.8 Å². The van der Waals surface area contributed by atoms with Crippen molar-refractivity contribution in [2.75, 3.05) is 24.5 Å². The van der Waals surface area contributed by atoms with Crippen molar-refractivity contribution in [1.29, 1.82) is 0 Å². The fourth-order valence-electron chi connectivity index (χ4n) is 3.18. The van der Waals surface area contributed by atoms with Crippen LogP contribution in [-0.2, 0) is 11.0 Å². The Kier molecular flexibility index (Phi) is 5.14. The molecule has 0 saturated carbocycles. The Morgan fingerprint density at radius 3 is 2.59 bits per heavy atom. The number of aromatic nitrogens is 2. The Labute approximate surface area is 157 Å². The lowest BCUT2D eigenvalue weighted by atomic mass is 9.99. The molecule has 1 aliphatic heterocycles. The van der Waals surface area contributed by atoms with E-state index in [0.29, 0.717) is 12.2 Å². The number of amides is 1. The van der Waals surface area contributed by atoms with Gasteiger partial charge in [0.15, 0.2) is 0 Å². The Morgan fingerprint density at radius 2 is 1.93 bits per heavy atom. The molecular formula is C17H16ClF3N4O2. The third-order valence-electron chi connectivity index (χ3n) is 4.56. The summed E-state index contributed by atoms with van der Waals surface area (Å²) < 4.78 is 39.8. The highest BCUT2D eigenvalue weighted by Gasteiger charge is 2.37. The van der Waals surface area contributed by atoms with Crippen LogP contribution in [0.2, 0.25) is 5.02 Å². The Bertz CT molecular complexity index is 916. The van der Waals surface area contributed by atoms with Crippen LogP contribution in [0.3, 0.4) is 0 Å². The Hall–Kier alpha value is -2.55. The molecule has 0 aliphatic carbocycles. The van der Waals surface area contributed by atoms with E-state index in [1.165, 1.54) is 29.3 Å². The number of hydrogen-bond acceptors (Lipinski definition) is 4. The number of nitrogens with one attached hydrogen (secondary N) is 1. The zero-order chi connectivity index (χ0) is 19.8. The first kappa shape index (κ1) is 19.2. The Morgan fingerprint density at radius 1 is 1.22 bits per heavy atom. The summed E-state index contributed by atoms with van der Waals surface area (Å²) in [4.78, 5) is 27.2. The molecule has 0 radical (unpaired) electrons. The van der Waals surface area contributed by atoms with Gasteiger partial charge in [-0.25, -0.2) is 5.10 Å². The van der Waals surface area contributed by atoms with E-state index in [2.05, 4.69) is 10.2 Å². The molecule has 2 heterocycles. The second-order valence-electron chi connectivity index (χ2n) is 6.17. The van der Waals surface area contributed by atoms with Gasteiger partial charge in [-0.1, -0.05) is 29.8 Å². The van der Waals surface area contributed by atoms with Gasteiger partial charge in [-0.05, 0) is 18.6 Å². The minimum atomic E-state index is -4.50. The summed E-state index contributed by atoms with van der Waals surface area (Å²) in [7, 11) is 0. The smallest absolute Gasteiger partial charge is 0.358 e. The number of aromatic amines is 1. The molecule has 10 heteroatoms.